The summed E-state index contributed by atoms with van der Waals surface area (Å²) in [5.74, 6) is 1.07. The molecule has 19 heavy (non-hydrogen) atoms. The van der Waals surface area contributed by atoms with E-state index in [9.17, 15) is 4.79 Å². The number of carbonyl (C=O) groups excluding carboxylic acids is 1. The zero-order valence-electron chi connectivity index (χ0n) is 12.1. The van der Waals surface area contributed by atoms with Crippen molar-refractivity contribution in [3.63, 3.8) is 0 Å². The van der Waals surface area contributed by atoms with Crippen molar-refractivity contribution in [3.8, 4) is 5.75 Å². The van der Waals surface area contributed by atoms with Crippen LogP contribution in [0.2, 0.25) is 0 Å². The van der Waals surface area contributed by atoms with Gasteiger partial charge in [-0.05, 0) is 49.3 Å². The molecule has 104 valence electrons. The van der Waals surface area contributed by atoms with Crippen molar-refractivity contribution in [2.24, 2.45) is 0 Å². The van der Waals surface area contributed by atoms with E-state index in [0.717, 1.165) is 37.1 Å². The summed E-state index contributed by atoms with van der Waals surface area (Å²) in [4.78, 5) is 14.0. The van der Waals surface area contributed by atoms with Gasteiger partial charge in [0.1, 0.15) is 5.75 Å². The standard InChI is InChI=1S/C16H23NO2/c1-12(2)14-8-7-13(3)11-15(14)19-16(18)17-9-5-4-6-10-17/h7-8,11-12H,4-6,9-10H2,1-3H3. The highest BCUT2D eigenvalue weighted by atomic mass is 16.6. The number of hydrogen-bond acceptors (Lipinski definition) is 2. The molecule has 0 aromatic heterocycles. The van der Waals surface area contributed by atoms with Gasteiger partial charge in [0.25, 0.3) is 0 Å². The Bertz CT molecular complexity index is 448. The van der Waals surface area contributed by atoms with E-state index in [1.807, 2.05) is 17.9 Å². The fraction of sp³-hybridized carbons (Fsp3) is 0.562. The quantitative estimate of drug-likeness (QED) is 0.802. The van der Waals surface area contributed by atoms with E-state index in [1.165, 1.54) is 6.42 Å². The van der Waals surface area contributed by atoms with Gasteiger partial charge in [0.15, 0.2) is 0 Å². The summed E-state index contributed by atoms with van der Waals surface area (Å²) in [6.07, 6.45) is 3.18. The van der Waals surface area contributed by atoms with Crippen LogP contribution in [0, 0.1) is 6.92 Å². The molecule has 0 bridgehead atoms. The van der Waals surface area contributed by atoms with Gasteiger partial charge in [0.2, 0.25) is 0 Å². The summed E-state index contributed by atoms with van der Waals surface area (Å²) in [6.45, 7) is 7.89. The second-order valence-electron chi connectivity index (χ2n) is 5.61. The Kier molecular flexibility index (Phi) is 4.46. The first-order chi connectivity index (χ1) is 9.08. The van der Waals surface area contributed by atoms with Crippen LogP contribution in [0.25, 0.3) is 0 Å². The predicted octanol–water partition coefficient (Wildman–Crippen LogP) is 4.10. The maximum atomic E-state index is 12.2. The molecule has 1 amide bonds. The molecule has 1 aliphatic rings. The Morgan fingerprint density at radius 2 is 1.89 bits per heavy atom. The molecule has 0 saturated carbocycles. The molecule has 1 fully saturated rings. The Hall–Kier alpha value is -1.51. The van der Waals surface area contributed by atoms with Crippen molar-refractivity contribution in [1.29, 1.82) is 0 Å². The number of rotatable bonds is 2. The van der Waals surface area contributed by atoms with Crippen molar-refractivity contribution >= 4 is 6.09 Å². The van der Waals surface area contributed by atoms with E-state index in [-0.39, 0.29) is 6.09 Å². The molecule has 1 aliphatic heterocycles. The number of carbonyl (C=O) groups is 1. The summed E-state index contributed by atoms with van der Waals surface area (Å²) >= 11 is 0. The number of hydrogen-bond donors (Lipinski definition) is 0. The second kappa shape index (κ2) is 6.09. The van der Waals surface area contributed by atoms with Crippen LogP contribution in [-0.2, 0) is 0 Å². The van der Waals surface area contributed by atoms with Crippen LogP contribution in [0.4, 0.5) is 4.79 Å². The minimum absolute atomic E-state index is 0.202. The molecule has 0 aliphatic carbocycles. The number of nitrogens with zero attached hydrogens (tertiary/aromatic N) is 1. The topological polar surface area (TPSA) is 29.5 Å². The van der Waals surface area contributed by atoms with Gasteiger partial charge < -0.3 is 9.64 Å². The number of aryl methyl sites for hydroxylation is 1. The third-order valence-electron chi connectivity index (χ3n) is 3.60. The van der Waals surface area contributed by atoms with Gasteiger partial charge in [-0.3, -0.25) is 0 Å². The van der Waals surface area contributed by atoms with E-state index in [0.29, 0.717) is 11.7 Å². The highest BCUT2D eigenvalue weighted by Crippen LogP contribution is 2.28. The average molecular weight is 261 g/mol. The molecule has 1 aromatic rings. The Morgan fingerprint density at radius 1 is 1.21 bits per heavy atom. The second-order valence-corrected chi connectivity index (χ2v) is 5.61. The third kappa shape index (κ3) is 3.49. The number of benzene rings is 1. The first-order valence-electron chi connectivity index (χ1n) is 7.15. The fourth-order valence-corrected chi connectivity index (χ4v) is 2.44. The molecule has 0 spiro atoms. The molecule has 0 unspecified atom stereocenters. The van der Waals surface area contributed by atoms with Gasteiger partial charge in [-0.1, -0.05) is 26.0 Å². The van der Waals surface area contributed by atoms with E-state index in [2.05, 4.69) is 26.0 Å². The smallest absolute Gasteiger partial charge is 0.410 e. The first-order valence-corrected chi connectivity index (χ1v) is 7.15. The predicted molar refractivity (Wildman–Crippen MR) is 76.7 cm³/mol. The summed E-state index contributed by atoms with van der Waals surface area (Å²) in [5.41, 5.74) is 2.21. The van der Waals surface area contributed by atoms with E-state index < -0.39 is 0 Å². The third-order valence-corrected chi connectivity index (χ3v) is 3.60. The largest absolute Gasteiger partial charge is 0.415 e. The molecule has 0 radical (unpaired) electrons. The van der Waals surface area contributed by atoms with Crippen molar-refractivity contribution in [3.05, 3.63) is 29.3 Å². The zero-order chi connectivity index (χ0) is 13.8. The molecule has 1 aromatic carbocycles. The van der Waals surface area contributed by atoms with Gasteiger partial charge in [0.05, 0.1) is 0 Å². The molecule has 3 heteroatoms. The molecular formula is C16H23NO2. The SMILES string of the molecule is Cc1ccc(C(C)C)c(OC(=O)N2CCCCC2)c1. The van der Waals surface area contributed by atoms with Crippen LogP contribution in [-0.4, -0.2) is 24.1 Å². The van der Waals surface area contributed by atoms with Crippen molar-refractivity contribution in [2.45, 2.75) is 46.0 Å². The average Bonchev–Trinajstić information content (AvgIpc) is 2.39. The van der Waals surface area contributed by atoms with Crippen LogP contribution in [0.5, 0.6) is 5.75 Å². The van der Waals surface area contributed by atoms with E-state index in [1.54, 1.807) is 0 Å². The lowest BCUT2D eigenvalue weighted by Crippen LogP contribution is -2.37. The minimum atomic E-state index is -0.202. The Morgan fingerprint density at radius 3 is 2.53 bits per heavy atom. The molecular weight excluding hydrogens is 238 g/mol. The molecule has 2 rings (SSSR count). The maximum Gasteiger partial charge on any atom is 0.415 e. The van der Waals surface area contributed by atoms with Gasteiger partial charge >= 0.3 is 6.09 Å². The summed E-state index contributed by atoms with van der Waals surface area (Å²) < 4.78 is 5.61. The highest BCUT2D eigenvalue weighted by molar-refractivity contribution is 5.71. The number of piperidine rings is 1. The first kappa shape index (κ1) is 13.9. The minimum Gasteiger partial charge on any atom is -0.410 e. The fourth-order valence-electron chi connectivity index (χ4n) is 2.44. The Balaban J connectivity index is 2.13. The van der Waals surface area contributed by atoms with Gasteiger partial charge in [-0.2, -0.15) is 0 Å². The van der Waals surface area contributed by atoms with E-state index in [4.69, 9.17) is 4.74 Å². The lowest BCUT2D eigenvalue weighted by molar-refractivity contribution is 0.142. The summed E-state index contributed by atoms with van der Waals surface area (Å²) in [7, 11) is 0. The number of likely N-dealkylation sites (tertiary alicyclic amines) is 1. The van der Waals surface area contributed by atoms with Gasteiger partial charge in [-0.15, -0.1) is 0 Å². The van der Waals surface area contributed by atoms with Crippen LogP contribution in [0.15, 0.2) is 18.2 Å². The lowest BCUT2D eigenvalue weighted by Gasteiger charge is -2.26. The van der Waals surface area contributed by atoms with Gasteiger partial charge in [-0.25, -0.2) is 4.79 Å². The normalized spacial score (nSPS) is 15.7. The summed E-state index contributed by atoms with van der Waals surface area (Å²) in [6, 6.07) is 6.07. The van der Waals surface area contributed by atoms with Crippen LogP contribution in [0.3, 0.4) is 0 Å². The van der Waals surface area contributed by atoms with Crippen molar-refractivity contribution < 1.29 is 9.53 Å². The zero-order valence-corrected chi connectivity index (χ0v) is 12.1. The Labute approximate surface area is 115 Å². The van der Waals surface area contributed by atoms with Gasteiger partial charge in [0, 0.05) is 13.1 Å². The highest BCUT2D eigenvalue weighted by Gasteiger charge is 2.20. The number of ether oxygens (including phenoxy) is 1. The van der Waals surface area contributed by atoms with Crippen molar-refractivity contribution in [2.75, 3.05) is 13.1 Å². The summed E-state index contributed by atoms with van der Waals surface area (Å²) in [5, 5.41) is 0. The monoisotopic (exact) mass is 261 g/mol. The maximum absolute atomic E-state index is 12.2. The molecule has 0 atom stereocenters. The molecule has 1 heterocycles. The number of amides is 1. The van der Waals surface area contributed by atoms with Crippen LogP contribution in [0.1, 0.15) is 50.2 Å². The molecule has 1 saturated heterocycles. The molecule has 0 N–H and O–H groups in total. The van der Waals surface area contributed by atoms with Crippen LogP contribution < -0.4 is 4.74 Å². The van der Waals surface area contributed by atoms with Crippen LogP contribution >= 0.6 is 0 Å². The van der Waals surface area contributed by atoms with E-state index >= 15 is 0 Å². The lowest BCUT2D eigenvalue weighted by atomic mass is 10.0. The van der Waals surface area contributed by atoms with Crippen molar-refractivity contribution in [1.82, 2.24) is 4.90 Å². The molecule has 3 nitrogen and oxygen atoms in total.